The summed E-state index contributed by atoms with van der Waals surface area (Å²) in [6.07, 6.45) is 7.42. The quantitative estimate of drug-likeness (QED) is 0.0336. The number of carbonyl (C=O) groups is 1. The molecule has 0 aromatic carbocycles. The molecule has 0 aliphatic carbocycles. The number of alkyl halides is 1. The van der Waals surface area contributed by atoms with Crippen LogP contribution in [0.5, 0.6) is 0 Å². The maximum absolute atomic E-state index is 14.2. The Hall–Kier alpha value is -0.700. The summed E-state index contributed by atoms with van der Waals surface area (Å²) in [5.41, 5.74) is 0. The van der Waals surface area contributed by atoms with E-state index < -0.39 is 80.5 Å². The fourth-order valence-corrected chi connectivity index (χ4v) is 10.8. The Morgan fingerprint density at radius 2 is 0.762 bits per heavy atom. The van der Waals surface area contributed by atoms with E-state index in [2.05, 4.69) is 26.9 Å². The van der Waals surface area contributed by atoms with Crippen molar-refractivity contribution >= 4 is 27.5 Å². The lowest BCUT2D eigenvalue weighted by molar-refractivity contribution is -0.344. The minimum atomic E-state index is -2.09. The first kappa shape index (κ1) is 75.4. The number of halogens is 1. The maximum atomic E-state index is 14.2. The molecule has 0 aromatic rings. The van der Waals surface area contributed by atoms with Crippen LogP contribution in [0.3, 0.4) is 0 Å². The number of aliphatic hydroxyl groups is 6. The Kier molecular flexibility index (Phi) is 51.8. The van der Waals surface area contributed by atoms with Gasteiger partial charge in [-0.15, -0.1) is 0 Å². The van der Waals surface area contributed by atoms with E-state index in [-0.39, 0.29) is 26.4 Å². The van der Waals surface area contributed by atoms with E-state index in [0.29, 0.717) is 106 Å². The van der Waals surface area contributed by atoms with Gasteiger partial charge in [0.1, 0.15) is 42.7 Å². The van der Waals surface area contributed by atoms with Crippen molar-refractivity contribution in [1.29, 1.82) is 0 Å². The SMILES string of the molecule is CC(=O)NC1[C@H](OCCOCCOCCOCCOCCOCCOCCCCCCCCCCSSCCCCCCCCCCCOCCOCCOCCOCCO)OC(CO)[C@@H](O[C@@H]2OC(CO)[C@H](F)[C@H](O)C2O)[C@@H]1O. The number of hydrogen-bond acceptors (Lipinski definition) is 23. The highest BCUT2D eigenvalue weighted by Gasteiger charge is 2.51. The highest BCUT2D eigenvalue weighted by atomic mass is 33.1. The maximum Gasteiger partial charge on any atom is 0.217 e. The molecule has 2 aliphatic heterocycles. The predicted molar refractivity (Wildman–Crippen MR) is 302 cm³/mol. The molecule has 0 aromatic heterocycles. The molecule has 1 amide bonds. The van der Waals surface area contributed by atoms with Gasteiger partial charge in [-0.1, -0.05) is 105 Å². The molecule has 7 N–H and O–H groups in total. The minimum absolute atomic E-state index is 0.0142. The second-order valence-corrected chi connectivity index (χ2v) is 22.3. The summed E-state index contributed by atoms with van der Waals surface area (Å²) >= 11 is 0. The van der Waals surface area contributed by atoms with E-state index in [1.165, 1.54) is 115 Å². The number of hydrogen-bond donors (Lipinski definition) is 7. The minimum Gasteiger partial charge on any atom is -0.394 e. The van der Waals surface area contributed by atoms with Gasteiger partial charge in [-0.2, -0.15) is 0 Å². The molecule has 22 nitrogen and oxygen atoms in total. The van der Waals surface area contributed by atoms with Gasteiger partial charge in [0.15, 0.2) is 18.8 Å². The average molecular weight is 1200 g/mol. The zero-order valence-corrected chi connectivity index (χ0v) is 49.8. The van der Waals surface area contributed by atoms with E-state index >= 15 is 0 Å². The zero-order chi connectivity index (χ0) is 57.8. The lowest BCUT2D eigenvalue weighted by atomic mass is 9.95. The van der Waals surface area contributed by atoms with Crippen molar-refractivity contribution in [3.63, 3.8) is 0 Å². The molecule has 2 aliphatic rings. The largest absolute Gasteiger partial charge is 0.394 e. The Bertz CT molecular complexity index is 1350. The highest BCUT2D eigenvalue weighted by molar-refractivity contribution is 8.76. The van der Waals surface area contributed by atoms with Crippen molar-refractivity contribution in [3.8, 4) is 0 Å². The Morgan fingerprint density at radius 1 is 0.425 bits per heavy atom. The summed E-state index contributed by atoms with van der Waals surface area (Å²) in [7, 11) is 4.12. The third-order valence-electron chi connectivity index (χ3n) is 12.9. The summed E-state index contributed by atoms with van der Waals surface area (Å²) in [5.74, 6) is 2.02. The van der Waals surface area contributed by atoms with Crippen LogP contribution in [-0.4, -0.2) is 268 Å². The summed E-state index contributed by atoms with van der Waals surface area (Å²) in [6.45, 7) is 9.43. The van der Waals surface area contributed by atoms with Crippen LogP contribution in [0.15, 0.2) is 0 Å². The number of aliphatic hydroxyl groups excluding tert-OH is 6. The van der Waals surface area contributed by atoms with Crippen molar-refractivity contribution in [2.75, 3.05) is 170 Å². The smallest absolute Gasteiger partial charge is 0.217 e. The van der Waals surface area contributed by atoms with Crippen LogP contribution in [0.4, 0.5) is 4.39 Å². The van der Waals surface area contributed by atoms with Crippen LogP contribution in [0.1, 0.15) is 116 Å². The van der Waals surface area contributed by atoms with Crippen molar-refractivity contribution < 1.29 is 106 Å². The lowest BCUT2D eigenvalue weighted by Gasteiger charge is -2.46. The summed E-state index contributed by atoms with van der Waals surface area (Å²) < 4.78 is 91.8. The Labute approximate surface area is 484 Å². The molecule has 476 valence electrons. The molecule has 80 heavy (non-hydrogen) atoms. The molecular formula is C55H106FNO21S2. The number of amides is 1. The number of ether oxygens (including phenoxy) is 14. The van der Waals surface area contributed by atoms with Crippen LogP contribution in [0.25, 0.3) is 0 Å². The van der Waals surface area contributed by atoms with E-state index in [9.17, 15) is 34.7 Å². The van der Waals surface area contributed by atoms with Gasteiger partial charge in [-0.05, 0) is 25.7 Å². The van der Waals surface area contributed by atoms with E-state index in [1.54, 1.807) is 0 Å². The number of carbonyl (C=O) groups excluding carboxylic acids is 1. The van der Waals surface area contributed by atoms with Crippen LogP contribution < -0.4 is 5.32 Å². The van der Waals surface area contributed by atoms with Crippen molar-refractivity contribution in [1.82, 2.24) is 5.32 Å². The van der Waals surface area contributed by atoms with E-state index in [4.69, 9.17) is 71.4 Å². The fourth-order valence-electron chi connectivity index (χ4n) is 8.47. The Balaban J connectivity index is 1.24. The third kappa shape index (κ3) is 39.8. The van der Waals surface area contributed by atoms with Crippen LogP contribution in [0, 0.1) is 0 Å². The first-order chi connectivity index (χ1) is 39.2. The fraction of sp³-hybridized carbons (Fsp3) is 0.982. The van der Waals surface area contributed by atoms with Crippen molar-refractivity contribution in [2.24, 2.45) is 0 Å². The van der Waals surface area contributed by atoms with Gasteiger partial charge in [0.25, 0.3) is 0 Å². The number of unbranched alkanes of at least 4 members (excludes halogenated alkanes) is 15. The van der Waals surface area contributed by atoms with Crippen LogP contribution >= 0.6 is 21.6 Å². The van der Waals surface area contributed by atoms with Crippen molar-refractivity contribution in [2.45, 2.75) is 177 Å². The first-order valence-corrected chi connectivity index (χ1v) is 32.1. The highest BCUT2D eigenvalue weighted by Crippen LogP contribution is 2.31. The topological polar surface area (TPSA) is 280 Å². The number of rotatable bonds is 59. The standard InChI is InChI=1S/C55H106FNO21S2/c1-45(61)57-49-51(63)53(78-55-52(64)50(62)48(56)46(43-59)76-55)47(44-60)77-54(49)75-40-39-74-38-37-73-36-35-72-34-33-71-32-30-69-27-24-66-21-16-12-8-4-6-10-14-18-42-80-79-41-17-13-9-5-2-3-7-11-15-20-65-23-26-68-29-31-70-28-25-67-22-19-58/h46-55,58-60,62-64H,2-44H2,1H3,(H,57,61)/t46?,47?,48-,49?,50-,51+,52?,53+,54+,55-/m0/s1. The zero-order valence-electron chi connectivity index (χ0n) is 48.2. The van der Waals surface area contributed by atoms with Gasteiger partial charge in [0.05, 0.1) is 145 Å². The van der Waals surface area contributed by atoms with Gasteiger partial charge in [0, 0.05) is 31.6 Å². The second kappa shape index (κ2) is 54.9. The molecule has 2 heterocycles. The second-order valence-electron chi connectivity index (χ2n) is 19.6. The van der Waals surface area contributed by atoms with Gasteiger partial charge in [-0.25, -0.2) is 4.39 Å². The van der Waals surface area contributed by atoms with Gasteiger partial charge < -0.3 is 102 Å². The molecule has 0 spiro atoms. The molecule has 0 radical (unpaired) electrons. The molecule has 10 atom stereocenters. The first-order valence-electron chi connectivity index (χ1n) is 29.6. The molecule has 25 heteroatoms. The molecule has 2 saturated heterocycles. The molecule has 0 bridgehead atoms. The lowest BCUT2D eigenvalue weighted by Crippen LogP contribution is -2.67. The monoisotopic (exact) mass is 1200 g/mol. The van der Waals surface area contributed by atoms with Gasteiger partial charge >= 0.3 is 0 Å². The average Bonchev–Trinajstić information content (AvgIpc) is 3.45. The van der Waals surface area contributed by atoms with Gasteiger partial charge in [0.2, 0.25) is 5.91 Å². The van der Waals surface area contributed by atoms with Crippen LogP contribution in [-0.2, 0) is 71.1 Å². The molecular weight excluding hydrogens is 1090 g/mol. The Morgan fingerprint density at radius 3 is 1.14 bits per heavy atom. The molecule has 4 unspecified atom stereocenters. The molecule has 2 rings (SSSR count). The summed E-state index contributed by atoms with van der Waals surface area (Å²) in [6, 6.07) is -1.20. The van der Waals surface area contributed by atoms with Crippen LogP contribution in [0.2, 0.25) is 0 Å². The van der Waals surface area contributed by atoms with Gasteiger partial charge in [-0.3, -0.25) is 4.79 Å². The molecule has 0 saturated carbocycles. The summed E-state index contributed by atoms with van der Waals surface area (Å²) in [5, 5.41) is 62.1. The normalized spacial score (nSPS) is 23.3. The third-order valence-corrected chi connectivity index (χ3v) is 15.5. The number of nitrogens with one attached hydrogen (secondary N) is 1. The summed E-state index contributed by atoms with van der Waals surface area (Å²) in [4.78, 5) is 12.0. The van der Waals surface area contributed by atoms with E-state index in [1.807, 2.05) is 0 Å². The molecule has 2 fully saturated rings. The predicted octanol–water partition coefficient (Wildman–Crippen LogP) is 3.92. The van der Waals surface area contributed by atoms with E-state index in [0.717, 1.165) is 26.1 Å². The van der Waals surface area contributed by atoms with Crippen molar-refractivity contribution in [3.05, 3.63) is 0 Å².